The monoisotopic (exact) mass is 221 g/mol. The second kappa shape index (κ2) is 7.43. The van der Waals surface area contributed by atoms with E-state index in [1.165, 1.54) is 5.57 Å². The van der Waals surface area contributed by atoms with Crippen molar-refractivity contribution in [1.29, 1.82) is 0 Å². The molecule has 1 heteroatoms. The lowest BCUT2D eigenvalue weighted by Gasteiger charge is -2.18. The molecule has 0 N–H and O–H groups in total. The molecule has 0 saturated carbocycles. The minimum Gasteiger partial charge on any atom is -0.294 e. The van der Waals surface area contributed by atoms with Crippen molar-refractivity contribution in [1.82, 2.24) is 0 Å². The highest BCUT2D eigenvalue weighted by atomic mass is 14.8. The molecule has 0 aliphatic carbocycles. The zero-order valence-corrected chi connectivity index (χ0v) is 11.7. The molecule has 0 saturated heterocycles. The molecule has 0 aliphatic heterocycles. The summed E-state index contributed by atoms with van der Waals surface area (Å²) in [6.45, 7) is 16.9. The predicted octanol–water partition coefficient (Wildman–Crippen LogP) is 4.51. The van der Waals surface area contributed by atoms with Crippen molar-refractivity contribution in [2.75, 3.05) is 0 Å². The van der Waals surface area contributed by atoms with E-state index in [0.717, 1.165) is 0 Å². The van der Waals surface area contributed by atoms with Gasteiger partial charge in [-0.05, 0) is 31.6 Å². The Bertz CT molecular complexity index is 261. The standard InChI is InChI=1S/C15H27N/c1-8-9-12(4)14(6)15(7)16-10-13(5)11(2)3/h8-11,13-15H,1H2,2-7H3/b12-9+,16-10+. The molecule has 0 fully saturated rings. The van der Waals surface area contributed by atoms with E-state index in [4.69, 9.17) is 0 Å². The quantitative estimate of drug-likeness (QED) is 0.462. The Morgan fingerprint density at radius 2 is 1.69 bits per heavy atom. The minimum absolute atomic E-state index is 0.345. The summed E-state index contributed by atoms with van der Waals surface area (Å²) in [5.41, 5.74) is 1.34. The molecule has 0 aromatic rings. The van der Waals surface area contributed by atoms with E-state index >= 15 is 0 Å². The Morgan fingerprint density at radius 3 is 2.12 bits per heavy atom. The van der Waals surface area contributed by atoms with Crippen molar-refractivity contribution in [2.24, 2.45) is 22.7 Å². The van der Waals surface area contributed by atoms with Gasteiger partial charge in [0, 0.05) is 6.21 Å². The SMILES string of the molecule is C=C/C=C(\C)C(C)C(C)/N=C/C(C)C(C)C. The first-order valence-corrected chi connectivity index (χ1v) is 6.22. The zero-order chi connectivity index (χ0) is 12.7. The van der Waals surface area contributed by atoms with Crippen LogP contribution in [0.4, 0.5) is 0 Å². The second-order valence-electron chi connectivity index (χ2n) is 5.08. The van der Waals surface area contributed by atoms with Gasteiger partial charge in [-0.15, -0.1) is 0 Å². The van der Waals surface area contributed by atoms with Crippen LogP contribution in [-0.2, 0) is 0 Å². The van der Waals surface area contributed by atoms with Crippen LogP contribution >= 0.6 is 0 Å². The Balaban J connectivity index is 4.40. The van der Waals surface area contributed by atoms with E-state index in [1.54, 1.807) is 0 Å². The molecule has 0 aromatic carbocycles. The van der Waals surface area contributed by atoms with Crippen molar-refractivity contribution < 1.29 is 0 Å². The van der Waals surface area contributed by atoms with E-state index in [1.807, 2.05) is 6.08 Å². The Morgan fingerprint density at radius 1 is 1.12 bits per heavy atom. The largest absolute Gasteiger partial charge is 0.294 e. The van der Waals surface area contributed by atoms with E-state index < -0.39 is 0 Å². The van der Waals surface area contributed by atoms with Crippen LogP contribution in [0.3, 0.4) is 0 Å². The lowest BCUT2D eigenvalue weighted by molar-refractivity contribution is 0.522. The maximum atomic E-state index is 4.65. The highest BCUT2D eigenvalue weighted by Gasteiger charge is 2.12. The normalized spacial score (nSPS) is 18.8. The van der Waals surface area contributed by atoms with Gasteiger partial charge < -0.3 is 0 Å². The summed E-state index contributed by atoms with van der Waals surface area (Å²) >= 11 is 0. The van der Waals surface area contributed by atoms with Crippen LogP contribution < -0.4 is 0 Å². The van der Waals surface area contributed by atoms with Gasteiger partial charge in [0.1, 0.15) is 0 Å². The van der Waals surface area contributed by atoms with Crippen molar-refractivity contribution in [3.63, 3.8) is 0 Å². The van der Waals surface area contributed by atoms with Gasteiger partial charge in [0.25, 0.3) is 0 Å². The van der Waals surface area contributed by atoms with E-state index in [9.17, 15) is 0 Å². The van der Waals surface area contributed by atoms with E-state index in [2.05, 4.69) is 65.4 Å². The fraction of sp³-hybridized carbons (Fsp3) is 0.667. The molecule has 0 aliphatic rings. The molecule has 0 heterocycles. The third-order valence-corrected chi connectivity index (χ3v) is 3.43. The minimum atomic E-state index is 0.345. The van der Waals surface area contributed by atoms with Crippen LogP contribution in [0, 0.1) is 17.8 Å². The number of aliphatic imine (C=N–C) groups is 1. The van der Waals surface area contributed by atoms with Gasteiger partial charge in [0.15, 0.2) is 0 Å². The average Bonchev–Trinajstić information content (AvgIpc) is 2.24. The van der Waals surface area contributed by atoms with Crippen molar-refractivity contribution >= 4 is 6.21 Å². The van der Waals surface area contributed by atoms with Crippen molar-refractivity contribution in [2.45, 2.75) is 47.6 Å². The molecule has 3 unspecified atom stereocenters. The van der Waals surface area contributed by atoms with Gasteiger partial charge in [-0.1, -0.05) is 52.0 Å². The molecule has 3 atom stereocenters. The van der Waals surface area contributed by atoms with Gasteiger partial charge in [-0.25, -0.2) is 0 Å². The topological polar surface area (TPSA) is 12.4 Å². The first-order valence-electron chi connectivity index (χ1n) is 6.22. The smallest absolute Gasteiger partial charge is 0.0530 e. The fourth-order valence-corrected chi connectivity index (χ4v) is 1.29. The lowest BCUT2D eigenvalue weighted by Crippen LogP contribution is -2.15. The maximum Gasteiger partial charge on any atom is 0.0530 e. The Kier molecular flexibility index (Phi) is 7.03. The number of allylic oxidation sites excluding steroid dienone is 2. The molecule has 0 rings (SSSR count). The Labute approximate surface area is 101 Å². The molecular formula is C15H27N. The summed E-state index contributed by atoms with van der Waals surface area (Å²) in [5, 5.41) is 0. The maximum absolute atomic E-state index is 4.65. The van der Waals surface area contributed by atoms with Gasteiger partial charge in [-0.3, -0.25) is 4.99 Å². The molecule has 0 aromatic heterocycles. The van der Waals surface area contributed by atoms with Crippen LogP contribution in [0.5, 0.6) is 0 Å². The molecule has 0 spiro atoms. The highest BCUT2D eigenvalue weighted by molar-refractivity contribution is 5.60. The average molecular weight is 221 g/mol. The van der Waals surface area contributed by atoms with Gasteiger partial charge >= 0.3 is 0 Å². The molecular weight excluding hydrogens is 194 g/mol. The molecule has 16 heavy (non-hydrogen) atoms. The third-order valence-electron chi connectivity index (χ3n) is 3.43. The number of hydrogen-bond acceptors (Lipinski definition) is 1. The fourth-order valence-electron chi connectivity index (χ4n) is 1.29. The molecule has 0 amide bonds. The molecule has 0 radical (unpaired) electrons. The highest BCUT2D eigenvalue weighted by Crippen LogP contribution is 2.17. The first-order chi connectivity index (χ1) is 7.40. The van der Waals surface area contributed by atoms with Crippen LogP contribution in [0.2, 0.25) is 0 Å². The summed E-state index contributed by atoms with van der Waals surface area (Å²) < 4.78 is 0. The van der Waals surface area contributed by atoms with Crippen molar-refractivity contribution in [3.8, 4) is 0 Å². The number of nitrogens with zero attached hydrogens (tertiary/aromatic N) is 1. The Hall–Kier alpha value is -0.850. The van der Waals surface area contributed by atoms with E-state index in [0.29, 0.717) is 23.8 Å². The van der Waals surface area contributed by atoms with Crippen LogP contribution in [0.1, 0.15) is 41.5 Å². The second-order valence-corrected chi connectivity index (χ2v) is 5.08. The zero-order valence-electron chi connectivity index (χ0n) is 11.7. The first kappa shape index (κ1) is 15.2. The summed E-state index contributed by atoms with van der Waals surface area (Å²) in [6, 6.07) is 0.345. The predicted molar refractivity (Wildman–Crippen MR) is 75.1 cm³/mol. The van der Waals surface area contributed by atoms with Crippen molar-refractivity contribution in [3.05, 3.63) is 24.3 Å². The van der Waals surface area contributed by atoms with Crippen LogP contribution in [-0.4, -0.2) is 12.3 Å². The van der Waals surface area contributed by atoms with Crippen LogP contribution in [0.15, 0.2) is 29.3 Å². The summed E-state index contributed by atoms with van der Waals surface area (Å²) in [7, 11) is 0. The number of rotatable bonds is 6. The van der Waals surface area contributed by atoms with Gasteiger partial charge in [-0.2, -0.15) is 0 Å². The summed E-state index contributed by atoms with van der Waals surface area (Å²) in [5.74, 6) is 1.70. The molecule has 92 valence electrons. The van der Waals surface area contributed by atoms with Crippen LogP contribution in [0.25, 0.3) is 0 Å². The number of hydrogen-bond donors (Lipinski definition) is 0. The summed E-state index contributed by atoms with van der Waals surface area (Å²) in [4.78, 5) is 4.65. The molecule has 1 nitrogen and oxygen atoms in total. The molecule has 0 bridgehead atoms. The van der Waals surface area contributed by atoms with E-state index in [-0.39, 0.29) is 0 Å². The summed E-state index contributed by atoms with van der Waals surface area (Å²) in [6.07, 6.45) is 6.02. The third kappa shape index (κ3) is 5.29. The van der Waals surface area contributed by atoms with Gasteiger partial charge in [0.05, 0.1) is 6.04 Å². The lowest BCUT2D eigenvalue weighted by atomic mass is 9.94. The van der Waals surface area contributed by atoms with Gasteiger partial charge in [0.2, 0.25) is 0 Å².